The van der Waals surface area contributed by atoms with Crippen LogP contribution in [0, 0.1) is 11.3 Å². The second kappa shape index (κ2) is 4.16. The molecular weight excluding hydrogens is 250 g/mol. The Hall–Kier alpha value is -0.170. The average molecular weight is 273 g/mol. The van der Waals surface area contributed by atoms with Crippen LogP contribution in [-0.4, -0.2) is 49.2 Å². The third-order valence-electron chi connectivity index (χ3n) is 5.00. The van der Waals surface area contributed by atoms with Gasteiger partial charge in [-0.15, -0.1) is 0 Å². The Labute approximate surface area is 109 Å². The standard InChI is InChI=1S/C12H23N3O2S/c1-12(8-13)4-5-14(9-12)18(16,17)15-7-10-2-3-11(15)6-10/h10-11H,2-9,13H2,1H3. The van der Waals surface area contributed by atoms with E-state index >= 15 is 0 Å². The summed E-state index contributed by atoms with van der Waals surface area (Å²) in [6.45, 7) is 4.59. The molecule has 3 aliphatic rings. The molecule has 1 aliphatic carbocycles. The van der Waals surface area contributed by atoms with Gasteiger partial charge in [-0.05, 0) is 43.6 Å². The zero-order valence-corrected chi connectivity index (χ0v) is 11.8. The minimum Gasteiger partial charge on any atom is -0.330 e. The summed E-state index contributed by atoms with van der Waals surface area (Å²) in [6, 6.07) is 0.268. The van der Waals surface area contributed by atoms with Gasteiger partial charge >= 0.3 is 0 Å². The average Bonchev–Trinajstić information content (AvgIpc) is 3.03. The maximum Gasteiger partial charge on any atom is 0.282 e. The van der Waals surface area contributed by atoms with Gasteiger partial charge < -0.3 is 5.73 Å². The molecule has 3 rings (SSSR count). The van der Waals surface area contributed by atoms with E-state index in [1.165, 1.54) is 6.42 Å². The maximum absolute atomic E-state index is 12.6. The number of rotatable bonds is 3. The third-order valence-corrected chi connectivity index (χ3v) is 7.00. The monoisotopic (exact) mass is 273 g/mol. The molecule has 3 atom stereocenters. The van der Waals surface area contributed by atoms with Crippen LogP contribution in [-0.2, 0) is 10.2 Å². The molecule has 2 bridgehead atoms. The van der Waals surface area contributed by atoms with Crippen molar-refractivity contribution in [3.8, 4) is 0 Å². The fourth-order valence-electron chi connectivity index (χ4n) is 3.65. The van der Waals surface area contributed by atoms with E-state index in [0.29, 0.717) is 25.6 Å². The van der Waals surface area contributed by atoms with Crippen LogP contribution in [0.2, 0.25) is 0 Å². The first-order chi connectivity index (χ1) is 8.44. The molecule has 18 heavy (non-hydrogen) atoms. The van der Waals surface area contributed by atoms with Gasteiger partial charge in [0.05, 0.1) is 0 Å². The normalized spacial score (nSPS) is 41.9. The molecule has 3 fully saturated rings. The smallest absolute Gasteiger partial charge is 0.282 e. The van der Waals surface area contributed by atoms with Crippen molar-refractivity contribution in [3.05, 3.63) is 0 Å². The summed E-state index contributed by atoms with van der Waals surface area (Å²) >= 11 is 0. The molecule has 0 spiro atoms. The Balaban J connectivity index is 1.76. The van der Waals surface area contributed by atoms with Crippen molar-refractivity contribution < 1.29 is 8.42 Å². The fraction of sp³-hybridized carbons (Fsp3) is 1.00. The first-order valence-corrected chi connectivity index (χ1v) is 8.31. The van der Waals surface area contributed by atoms with E-state index in [9.17, 15) is 8.42 Å². The Morgan fingerprint density at radius 1 is 1.39 bits per heavy atom. The van der Waals surface area contributed by atoms with Crippen LogP contribution in [0.1, 0.15) is 32.6 Å². The van der Waals surface area contributed by atoms with Crippen LogP contribution in [0.3, 0.4) is 0 Å². The highest BCUT2D eigenvalue weighted by Crippen LogP contribution is 2.41. The lowest BCUT2D eigenvalue weighted by molar-refractivity contribution is 0.292. The Bertz CT molecular complexity index is 439. The van der Waals surface area contributed by atoms with Gasteiger partial charge in [0.25, 0.3) is 10.2 Å². The highest BCUT2D eigenvalue weighted by Gasteiger charge is 2.48. The molecule has 3 unspecified atom stereocenters. The van der Waals surface area contributed by atoms with Crippen molar-refractivity contribution >= 4 is 10.2 Å². The fourth-order valence-corrected chi connectivity index (χ4v) is 5.71. The predicted molar refractivity (Wildman–Crippen MR) is 70.1 cm³/mol. The van der Waals surface area contributed by atoms with Crippen molar-refractivity contribution in [1.82, 2.24) is 8.61 Å². The number of hydrogen-bond donors (Lipinski definition) is 1. The van der Waals surface area contributed by atoms with Crippen LogP contribution < -0.4 is 5.73 Å². The molecule has 2 saturated heterocycles. The van der Waals surface area contributed by atoms with Crippen molar-refractivity contribution in [3.63, 3.8) is 0 Å². The zero-order valence-electron chi connectivity index (χ0n) is 11.0. The summed E-state index contributed by atoms with van der Waals surface area (Å²) in [5.74, 6) is 0.605. The summed E-state index contributed by atoms with van der Waals surface area (Å²) in [5, 5.41) is 0. The highest BCUT2D eigenvalue weighted by molar-refractivity contribution is 7.86. The first-order valence-electron chi connectivity index (χ1n) is 6.92. The van der Waals surface area contributed by atoms with E-state index in [1.807, 2.05) is 0 Å². The molecule has 0 amide bonds. The summed E-state index contributed by atoms with van der Waals surface area (Å²) in [7, 11) is -3.24. The van der Waals surface area contributed by atoms with Crippen LogP contribution in [0.4, 0.5) is 0 Å². The van der Waals surface area contributed by atoms with E-state index in [4.69, 9.17) is 5.73 Å². The van der Waals surface area contributed by atoms with Crippen LogP contribution in [0.5, 0.6) is 0 Å². The van der Waals surface area contributed by atoms with E-state index in [2.05, 4.69) is 6.92 Å². The van der Waals surface area contributed by atoms with E-state index in [0.717, 1.165) is 25.8 Å². The topological polar surface area (TPSA) is 66.6 Å². The van der Waals surface area contributed by atoms with E-state index in [-0.39, 0.29) is 11.5 Å². The quantitative estimate of drug-likeness (QED) is 0.808. The minimum atomic E-state index is -3.24. The van der Waals surface area contributed by atoms with Crippen molar-refractivity contribution in [2.24, 2.45) is 17.1 Å². The summed E-state index contributed by atoms with van der Waals surface area (Å²) < 4.78 is 28.7. The third kappa shape index (κ3) is 1.90. The van der Waals surface area contributed by atoms with Crippen LogP contribution in [0.15, 0.2) is 0 Å². The Morgan fingerprint density at radius 2 is 2.17 bits per heavy atom. The van der Waals surface area contributed by atoms with E-state index in [1.54, 1.807) is 8.61 Å². The van der Waals surface area contributed by atoms with Crippen LogP contribution in [0.25, 0.3) is 0 Å². The molecule has 2 heterocycles. The second-order valence-electron chi connectivity index (χ2n) is 6.51. The highest BCUT2D eigenvalue weighted by atomic mass is 32.2. The molecule has 1 saturated carbocycles. The van der Waals surface area contributed by atoms with Gasteiger partial charge in [0, 0.05) is 25.7 Å². The van der Waals surface area contributed by atoms with Crippen molar-refractivity contribution in [2.45, 2.75) is 38.6 Å². The Kier molecular flexibility index (Phi) is 2.97. The lowest BCUT2D eigenvalue weighted by Gasteiger charge is -2.31. The van der Waals surface area contributed by atoms with Gasteiger partial charge in [0.2, 0.25) is 0 Å². The van der Waals surface area contributed by atoms with Gasteiger partial charge in [-0.1, -0.05) is 6.92 Å². The SMILES string of the molecule is CC1(CN)CCN(S(=O)(=O)N2CC3CCC2C3)C1. The molecule has 0 aromatic carbocycles. The first kappa shape index (κ1) is 12.8. The maximum atomic E-state index is 12.6. The van der Waals surface area contributed by atoms with Gasteiger partial charge in [0.15, 0.2) is 0 Å². The van der Waals surface area contributed by atoms with Gasteiger partial charge in [-0.3, -0.25) is 0 Å². The van der Waals surface area contributed by atoms with E-state index < -0.39 is 10.2 Å². The molecule has 5 nitrogen and oxygen atoms in total. The molecule has 0 aromatic heterocycles. The van der Waals surface area contributed by atoms with Crippen molar-refractivity contribution in [1.29, 1.82) is 0 Å². The molecular formula is C12H23N3O2S. The summed E-state index contributed by atoms with van der Waals surface area (Å²) in [6.07, 6.45) is 4.20. The van der Waals surface area contributed by atoms with Gasteiger partial charge in [0.1, 0.15) is 0 Å². The predicted octanol–water partition coefficient (Wildman–Crippen LogP) is 0.386. The van der Waals surface area contributed by atoms with Crippen LogP contribution >= 0.6 is 0 Å². The minimum absolute atomic E-state index is 0.0359. The number of piperidine rings is 1. The molecule has 2 aliphatic heterocycles. The largest absolute Gasteiger partial charge is 0.330 e. The van der Waals surface area contributed by atoms with Gasteiger partial charge in [-0.2, -0.15) is 17.0 Å². The number of fused-ring (bicyclic) bond motifs is 2. The Morgan fingerprint density at radius 3 is 2.67 bits per heavy atom. The molecule has 0 aromatic rings. The van der Waals surface area contributed by atoms with Crippen molar-refractivity contribution in [2.75, 3.05) is 26.2 Å². The number of hydrogen-bond acceptors (Lipinski definition) is 3. The lowest BCUT2D eigenvalue weighted by Crippen LogP contribution is -2.47. The summed E-state index contributed by atoms with van der Waals surface area (Å²) in [4.78, 5) is 0. The lowest BCUT2D eigenvalue weighted by atomic mass is 9.90. The number of nitrogens with zero attached hydrogens (tertiary/aromatic N) is 2. The number of nitrogens with two attached hydrogens (primary N) is 1. The molecule has 0 radical (unpaired) electrons. The second-order valence-corrected chi connectivity index (χ2v) is 8.39. The van der Waals surface area contributed by atoms with Gasteiger partial charge in [-0.25, -0.2) is 0 Å². The summed E-state index contributed by atoms with van der Waals surface area (Å²) in [5.41, 5.74) is 5.72. The zero-order chi connectivity index (χ0) is 13.0. The molecule has 2 N–H and O–H groups in total. The molecule has 104 valence electrons. The molecule has 6 heteroatoms.